The number of ether oxygens (including phenoxy) is 1. The van der Waals surface area contributed by atoms with Crippen molar-refractivity contribution in [3.05, 3.63) is 11.1 Å². The zero-order valence-corrected chi connectivity index (χ0v) is 11.2. The SMILES string of the molecule is CCN(C(=O)OC(C)(C)C)c1ncc(C=O)s1. The van der Waals surface area contributed by atoms with Gasteiger partial charge in [-0.3, -0.25) is 9.69 Å². The first-order valence-electron chi connectivity index (χ1n) is 5.29. The quantitative estimate of drug-likeness (QED) is 0.780. The van der Waals surface area contributed by atoms with Crippen molar-refractivity contribution in [2.75, 3.05) is 11.4 Å². The number of hydrogen-bond acceptors (Lipinski definition) is 5. The molecule has 0 aliphatic heterocycles. The standard InChI is InChI=1S/C11H16N2O3S/c1-5-13(10(15)16-11(2,3)4)9-12-6-8(7-14)17-9/h6-7H,5H2,1-4H3. The molecule has 1 aromatic rings. The molecule has 0 radical (unpaired) electrons. The highest BCUT2D eigenvalue weighted by Gasteiger charge is 2.24. The van der Waals surface area contributed by atoms with E-state index in [2.05, 4.69) is 4.98 Å². The van der Waals surface area contributed by atoms with Crippen LogP contribution in [-0.2, 0) is 4.74 Å². The van der Waals surface area contributed by atoms with Gasteiger partial charge in [0.25, 0.3) is 0 Å². The molecule has 0 saturated heterocycles. The third-order valence-electron chi connectivity index (χ3n) is 1.79. The van der Waals surface area contributed by atoms with E-state index >= 15 is 0 Å². The molecule has 1 heterocycles. The summed E-state index contributed by atoms with van der Waals surface area (Å²) in [6.07, 6.45) is 1.70. The third-order valence-corrected chi connectivity index (χ3v) is 2.73. The number of carbonyl (C=O) groups excluding carboxylic acids is 2. The van der Waals surface area contributed by atoms with Crippen LogP contribution < -0.4 is 4.90 Å². The number of rotatable bonds is 3. The number of hydrogen-bond donors (Lipinski definition) is 0. The van der Waals surface area contributed by atoms with Gasteiger partial charge < -0.3 is 4.74 Å². The second-order valence-electron chi connectivity index (χ2n) is 4.39. The lowest BCUT2D eigenvalue weighted by Gasteiger charge is -2.24. The first kappa shape index (κ1) is 13.6. The minimum Gasteiger partial charge on any atom is -0.443 e. The van der Waals surface area contributed by atoms with Gasteiger partial charge >= 0.3 is 6.09 Å². The molecule has 1 aromatic heterocycles. The topological polar surface area (TPSA) is 59.5 Å². The summed E-state index contributed by atoms with van der Waals surface area (Å²) in [4.78, 5) is 28.4. The second kappa shape index (κ2) is 5.27. The van der Waals surface area contributed by atoms with E-state index in [-0.39, 0.29) is 0 Å². The molecule has 0 N–H and O–H groups in total. The van der Waals surface area contributed by atoms with Crippen LogP contribution in [0.2, 0.25) is 0 Å². The number of nitrogens with zero attached hydrogens (tertiary/aromatic N) is 2. The summed E-state index contributed by atoms with van der Waals surface area (Å²) in [5.74, 6) is 0. The van der Waals surface area contributed by atoms with E-state index in [1.807, 2.05) is 6.92 Å². The van der Waals surface area contributed by atoms with E-state index < -0.39 is 11.7 Å². The van der Waals surface area contributed by atoms with Gasteiger partial charge in [-0.05, 0) is 27.7 Å². The van der Waals surface area contributed by atoms with Gasteiger partial charge in [0, 0.05) is 6.54 Å². The van der Waals surface area contributed by atoms with Gasteiger partial charge in [0.15, 0.2) is 11.4 Å². The molecule has 1 rings (SSSR count). The zero-order chi connectivity index (χ0) is 13.1. The molecule has 0 bridgehead atoms. The van der Waals surface area contributed by atoms with Gasteiger partial charge in [0.1, 0.15) is 5.60 Å². The fourth-order valence-corrected chi connectivity index (χ4v) is 1.90. The molecule has 0 fully saturated rings. The highest BCUT2D eigenvalue weighted by molar-refractivity contribution is 7.17. The molecule has 0 unspecified atom stereocenters. The Morgan fingerprint density at radius 2 is 2.24 bits per heavy atom. The fourth-order valence-electron chi connectivity index (χ4n) is 1.12. The molecule has 0 aliphatic carbocycles. The molecule has 0 aliphatic rings. The molecule has 0 saturated carbocycles. The van der Waals surface area contributed by atoms with Crippen molar-refractivity contribution in [3.63, 3.8) is 0 Å². The summed E-state index contributed by atoms with van der Waals surface area (Å²) in [5.41, 5.74) is -0.546. The third kappa shape index (κ3) is 3.81. The van der Waals surface area contributed by atoms with Crippen LogP contribution in [-0.4, -0.2) is 29.5 Å². The molecule has 6 heteroatoms. The highest BCUT2D eigenvalue weighted by Crippen LogP contribution is 2.23. The zero-order valence-electron chi connectivity index (χ0n) is 10.4. The first-order chi connectivity index (χ1) is 7.87. The van der Waals surface area contributed by atoms with Crippen LogP contribution in [0.1, 0.15) is 37.4 Å². The number of thiazole rings is 1. The molecule has 5 nitrogen and oxygen atoms in total. The summed E-state index contributed by atoms with van der Waals surface area (Å²) in [5, 5.41) is 0.476. The van der Waals surface area contributed by atoms with E-state index in [1.54, 1.807) is 20.8 Å². The van der Waals surface area contributed by atoms with Crippen LogP contribution in [0.4, 0.5) is 9.93 Å². The van der Waals surface area contributed by atoms with E-state index in [4.69, 9.17) is 4.74 Å². The van der Waals surface area contributed by atoms with Crippen LogP contribution in [0.15, 0.2) is 6.20 Å². The summed E-state index contributed by atoms with van der Waals surface area (Å²) in [6, 6.07) is 0. The molecule has 94 valence electrons. The van der Waals surface area contributed by atoms with Crippen molar-refractivity contribution in [1.29, 1.82) is 0 Å². The van der Waals surface area contributed by atoms with Gasteiger partial charge in [0.2, 0.25) is 0 Å². The largest absolute Gasteiger partial charge is 0.443 e. The van der Waals surface area contributed by atoms with E-state index in [1.165, 1.54) is 22.4 Å². The Labute approximate surface area is 104 Å². The summed E-state index contributed by atoms with van der Waals surface area (Å²) in [6.45, 7) is 7.68. The smallest absolute Gasteiger partial charge is 0.416 e. The predicted molar refractivity (Wildman–Crippen MR) is 66.8 cm³/mol. The van der Waals surface area contributed by atoms with Gasteiger partial charge in [-0.1, -0.05) is 11.3 Å². The Bertz CT molecular complexity index is 409. The Morgan fingerprint density at radius 1 is 1.59 bits per heavy atom. The van der Waals surface area contributed by atoms with Crippen molar-refractivity contribution < 1.29 is 14.3 Å². The maximum absolute atomic E-state index is 11.9. The Kier molecular flexibility index (Phi) is 4.22. The number of aromatic nitrogens is 1. The van der Waals surface area contributed by atoms with Crippen molar-refractivity contribution in [2.45, 2.75) is 33.3 Å². The molecule has 17 heavy (non-hydrogen) atoms. The van der Waals surface area contributed by atoms with E-state index in [0.29, 0.717) is 22.8 Å². The highest BCUT2D eigenvalue weighted by atomic mass is 32.1. The van der Waals surface area contributed by atoms with Crippen molar-refractivity contribution >= 4 is 28.8 Å². The van der Waals surface area contributed by atoms with Crippen LogP contribution in [0.25, 0.3) is 0 Å². The maximum atomic E-state index is 11.9. The lowest BCUT2D eigenvalue weighted by Crippen LogP contribution is -2.36. The minimum atomic E-state index is -0.546. The van der Waals surface area contributed by atoms with Crippen LogP contribution in [0, 0.1) is 0 Å². The van der Waals surface area contributed by atoms with Crippen molar-refractivity contribution in [3.8, 4) is 0 Å². The van der Waals surface area contributed by atoms with Gasteiger partial charge in [0.05, 0.1) is 11.1 Å². The number of anilines is 1. The summed E-state index contributed by atoms with van der Waals surface area (Å²) < 4.78 is 5.25. The first-order valence-corrected chi connectivity index (χ1v) is 6.10. The number of carbonyl (C=O) groups is 2. The molecule has 1 amide bonds. The lowest BCUT2D eigenvalue weighted by molar-refractivity contribution is 0.0582. The molecule has 0 aromatic carbocycles. The summed E-state index contributed by atoms with van der Waals surface area (Å²) >= 11 is 1.17. The van der Waals surface area contributed by atoms with Gasteiger partial charge in [-0.15, -0.1) is 0 Å². The molecule has 0 atom stereocenters. The predicted octanol–water partition coefficient (Wildman–Crippen LogP) is 2.72. The van der Waals surface area contributed by atoms with E-state index in [9.17, 15) is 9.59 Å². The average Bonchev–Trinajstić information content (AvgIpc) is 2.64. The maximum Gasteiger partial charge on any atom is 0.416 e. The van der Waals surface area contributed by atoms with Crippen LogP contribution in [0.5, 0.6) is 0 Å². The minimum absolute atomic E-state index is 0.445. The second-order valence-corrected chi connectivity index (χ2v) is 5.43. The normalized spacial score (nSPS) is 11.1. The Hall–Kier alpha value is -1.43. The van der Waals surface area contributed by atoms with Crippen molar-refractivity contribution in [1.82, 2.24) is 4.98 Å². The van der Waals surface area contributed by atoms with Gasteiger partial charge in [-0.25, -0.2) is 9.78 Å². The average molecular weight is 256 g/mol. The van der Waals surface area contributed by atoms with Crippen LogP contribution >= 0.6 is 11.3 Å². The number of amides is 1. The van der Waals surface area contributed by atoms with Crippen LogP contribution in [0.3, 0.4) is 0 Å². The molecular formula is C11H16N2O3S. The molecular weight excluding hydrogens is 240 g/mol. The fraction of sp³-hybridized carbons (Fsp3) is 0.545. The van der Waals surface area contributed by atoms with Crippen molar-refractivity contribution in [2.24, 2.45) is 0 Å². The Balaban J connectivity index is 2.84. The van der Waals surface area contributed by atoms with E-state index in [0.717, 1.165) is 0 Å². The lowest BCUT2D eigenvalue weighted by atomic mass is 10.2. The summed E-state index contributed by atoms with van der Waals surface area (Å²) in [7, 11) is 0. The van der Waals surface area contributed by atoms with Gasteiger partial charge in [-0.2, -0.15) is 0 Å². The molecule has 0 spiro atoms. The number of aldehydes is 1. The monoisotopic (exact) mass is 256 g/mol. The Morgan fingerprint density at radius 3 is 2.65 bits per heavy atom.